The number of carbonyl (C=O) groups excluding carboxylic acids is 2. The second kappa shape index (κ2) is 7.22. The van der Waals surface area contributed by atoms with Gasteiger partial charge in [0.15, 0.2) is 5.11 Å². The van der Waals surface area contributed by atoms with E-state index < -0.39 is 11.8 Å². The smallest absolute Gasteiger partial charge is 0.270 e. The first-order valence-electron chi connectivity index (χ1n) is 9.73. The van der Waals surface area contributed by atoms with Crippen LogP contribution in [-0.4, -0.2) is 29.5 Å². The highest BCUT2D eigenvalue weighted by Gasteiger charge is 2.34. The lowest BCUT2D eigenvalue weighted by atomic mass is 9.88. The Labute approximate surface area is 181 Å². The zero-order valence-electron chi connectivity index (χ0n) is 17.4. The predicted molar refractivity (Wildman–Crippen MR) is 125 cm³/mol. The summed E-state index contributed by atoms with van der Waals surface area (Å²) in [6.07, 6.45) is 3.85. The summed E-state index contributed by atoms with van der Waals surface area (Å²) >= 11 is 5.24. The molecule has 2 aliphatic heterocycles. The Morgan fingerprint density at radius 2 is 1.77 bits per heavy atom. The van der Waals surface area contributed by atoms with E-state index in [0.29, 0.717) is 5.69 Å². The minimum absolute atomic E-state index is 0.0542. The van der Waals surface area contributed by atoms with Gasteiger partial charge >= 0.3 is 0 Å². The number of likely N-dealkylation sites (N-methyl/N-ethyl adjacent to an activating group) is 1. The first kappa shape index (κ1) is 20.0. The van der Waals surface area contributed by atoms with Gasteiger partial charge in [-0.2, -0.15) is 0 Å². The van der Waals surface area contributed by atoms with E-state index in [0.717, 1.165) is 16.8 Å². The average Bonchev–Trinajstić information content (AvgIpc) is 2.70. The molecule has 0 atom stereocenters. The van der Waals surface area contributed by atoms with Crippen molar-refractivity contribution in [3.8, 4) is 0 Å². The molecule has 5 nitrogen and oxygen atoms in total. The van der Waals surface area contributed by atoms with Gasteiger partial charge in [0.05, 0.1) is 11.2 Å². The lowest BCUT2D eigenvalue weighted by Gasteiger charge is -2.40. The molecule has 1 saturated heterocycles. The van der Waals surface area contributed by atoms with E-state index in [1.165, 1.54) is 10.5 Å². The van der Waals surface area contributed by atoms with Gasteiger partial charge in [0.1, 0.15) is 5.57 Å². The van der Waals surface area contributed by atoms with Crippen LogP contribution in [0.2, 0.25) is 0 Å². The van der Waals surface area contributed by atoms with Crippen LogP contribution < -0.4 is 15.1 Å². The van der Waals surface area contributed by atoms with Crippen molar-refractivity contribution in [3.05, 3.63) is 71.3 Å². The summed E-state index contributed by atoms with van der Waals surface area (Å²) in [6.45, 7) is 6.42. The Balaban J connectivity index is 1.74. The summed E-state index contributed by atoms with van der Waals surface area (Å²) in [6, 6.07) is 15.0. The van der Waals surface area contributed by atoms with Crippen molar-refractivity contribution < 1.29 is 9.59 Å². The van der Waals surface area contributed by atoms with Gasteiger partial charge in [-0.05, 0) is 74.5 Å². The van der Waals surface area contributed by atoms with Crippen molar-refractivity contribution in [2.75, 3.05) is 16.8 Å². The third kappa shape index (κ3) is 3.33. The number of hydrogen-bond donors (Lipinski definition) is 1. The summed E-state index contributed by atoms with van der Waals surface area (Å²) in [5.41, 5.74) is 4.75. The molecule has 2 aromatic carbocycles. The van der Waals surface area contributed by atoms with Crippen LogP contribution in [0.5, 0.6) is 0 Å². The van der Waals surface area contributed by atoms with Crippen LogP contribution in [0.3, 0.4) is 0 Å². The van der Waals surface area contributed by atoms with Crippen LogP contribution >= 0.6 is 12.2 Å². The first-order valence-corrected chi connectivity index (χ1v) is 10.1. The van der Waals surface area contributed by atoms with Gasteiger partial charge in [0.25, 0.3) is 11.8 Å². The predicted octanol–water partition coefficient (Wildman–Crippen LogP) is 4.15. The molecule has 0 aromatic heterocycles. The van der Waals surface area contributed by atoms with Crippen LogP contribution in [0.15, 0.2) is 60.2 Å². The minimum Gasteiger partial charge on any atom is -0.366 e. The molecule has 0 radical (unpaired) electrons. The fourth-order valence-electron chi connectivity index (χ4n) is 3.90. The molecule has 1 fully saturated rings. The van der Waals surface area contributed by atoms with Gasteiger partial charge < -0.3 is 4.90 Å². The van der Waals surface area contributed by atoms with Crippen molar-refractivity contribution in [1.82, 2.24) is 5.32 Å². The Kier molecular flexibility index (Phi) is 4.82. The molecule has 0 aliphatic carbocycles. The maximum atomic E-state index is 13.1. The van der Waals surface area contributed by atoms with E-state index in [1.54, 1.807) is 18.2 Å². The molecule has 0 saturated carbocycles. The first-order chi connectivity index (χ1) is 14.2. The van der Waals surface area contributed by atoms with E-state index >= 15 is 0 Å². The van der Waals surface area contributed by atoms with E-state index in [2.05, 4.69) is 44.1 Å². The number of nitrogens with zero attached hydrogens (tertiary/aromatic N) is 2. The van der Waals surface area contributed by atoms with Crippen LogP contribution in [0.4, 0.5) is 11.4 Å². The molecule has 152 valence electrons. The lowest BCUT2D eigenvalue weighted by molar-refractivity contribution is -0.122. The zero-order valence-corrected chi connectivity index (χ0v) is 18.2. The number of anilines is 2. The topological polar surface area (TPSA) is 52.7 Å². The SMILES string of the molecule is CC1=CC(C)(C)N(C)c2ccc(/C=C3\C(=O)NC(=S)N(c4ccccc4)C3=O)cc21. The maximum absolute atomic E-state index is 13.1. The van der Waals surface area contributed by atoms with Gasteiger partial charge in [0.2, 0.25) is 0 Å². The molecule has 30 heavy (non-hydrogen) atoms. The van der Waals surface area contributed by atoms with Gasteiger partial charge in [-0.1, -0.05) is 30.3 Å². The summed E-state index contributed by atoms with van der Waals surface area (Å²) < 4.78 is 0. The van der Waals surface area contributed by atoms with Crippen molar-refractivity contribution in [3.63, 3.8) is 0 Å². The Morgan fingerprint density at radius 3 is 2.47 bits per heavy atom. The summed E-state index contributed by atoms with van der Waals surface area (Å²) in [5.74, 6) is -0.918. The summed E-state index contributed by atoms with van der Waals surface area (Å²) in [4.78, 5) is 29.3. The number of amides is 2. The van der Waals surface area contributed by atoms with Crippen molar-refractivity contribution >= 4 is 52.2 Å². The second-order valence-electron chi connectivity index (χ2n) is 8.11. The maximum Gasteiger partial charge on any atom is 0.270 e. The van der Waals surface area contributed by atoms with Crippen LogP contribution in [-0.2, 0) is 9.59 Å². The quantitative estimate of drug-likeness (QED) is 0.453. The molecule has 0 bridgehead atoms. The van der Waals surface area contributed by atoms with E-state index in [-0.39, 0.29) is 16.2 Å². The number of nitrogens with one attached hydrogen (secondary N) is 1. The minimum atomic E-state index is -0.486. The molecule has 1 N–H and O–H groups in total. The molecule has 2 aromatic rings. The van der Waals surface area contributed by atoms with Crippen molar-refractivity contribution in [2.45, 2.75) is 26.3 Å². The Bertz CT molecular complexity index is 1130. The van der Waals surface area contributed by atoms with Gasteiger partial charge in [-0.25, -0.2) is 0 Å². The number of hydrogen-bond acceptors (Lipinski definition) is 4. The molecule has 0 unspecified atom stereocenters. The number of thiocarbonyl (C=S) groups is 1. The highest BCUT2D eigenvalue weighted by atomic mass is 32.1. The van der Waals surface area contributed by atoms with Gasteiger partial charge in [-0.15, -0.1) is 0 Å². The monoisotopic (exact) mass is 417 g/mol. The molecule has 4 rings (SSSR count). The van der Waals surface area contributed by atoms with Crippen LogP contribution in [0.1, 0.15) is 31.9 Å². The van der Waals surface area contributed by atoms with Gasteiger partial charge in [-0.3, -0.25) is 19.8 Å². The fourth-order valence-corrected chi connectivity index (χ4v) is 4.18. The van der Waals surface area contributed by atoms with Gasteiger partial charge in [0, 0.05) is 18.3 Å². The third-order valence-corrected chi connectivity index (χ3v) is 5.95. The number of carbonyl (C=O) groups is 2. The Morgan fingerprint density at radius 1 is 1.07 bits per heavy atom. The highest BCUT2D eigenvalue weighted by molar-refractivity contribution is 7.80. The molecule has 6 heteroatoms. The number of fused-ring (bicyclic) bond motifs is 1. The fraction of sp³-hybridized carbons (Fsp3) is 0.208. The lowest BCUT2D eigenvalue weighted by Crippen LogP contribution is -2.54. The number of para-hydroxylation sites is 1. The second-order valence-corrected chi connectivity index (χ2v) is 8.50. The van der Waals surface area contributed by atoms with E-state index in [1.807, 2.05) is 36.4 Å². The highest BCUT2D eigenvalue weighted by Crippen LogP contribution is 2.38. The molecule has 0 spiro atoms. The summed E-state index contributed by atoms with van der Waals surface area (Å²) in [5, 5.41) is 2.71. The normalized spacial score (nSPS) is 19.5. The summed E-state index contributed by atoms with van der Waals surface area (Å²) in [7, 11) is 2.07. The average molecular weight is 418 g/mol. The van der Waals surface area contributed by atoms with Crippen LogP contribution in [0.25, 0.3) is 11.6 Å². The molecule has 2 heterocycles. The molecule has 2 aliphatic rings. The number of allylic oxidation sites excluding steroid dienone is 1. The van der Waals surface area contributed by atoms with Crippen LogP contribution in [0, 0.1) is 0 Å². The standard InChI is InChI=1S/C24H23N3O2S/c1-15-14-24(2,3)26(4)20-11-10-16(12-18(15)20)13-19-21(28)25-23(30)27(22(19)29)17-8-6-5-7-9-17/h5-14H,1-4H3,(H,25,28,30)/b19-13+. The van der Waals surface area contributed by atoms with E-state index in [4.69, 9.17) is 12.2 Å². The molecular weight excluding hydrogens is 394 g/mol. The van der Waals surface area contributed by atoms with Crippen molar-refractivity contribution in [1.29, 1.82) is 0 Å². The third-order valence-electron chi connectivity index (χ3n) is 5.67. The van der Waals surface area contributed by atoms with Crippen molar-refractivity contribution in [2.24, 2.45) is 0 Å². The Hall–Kier alpha value is -3.25. The number of rotatable bonds is 2. The molecule has 2 amide bonds. The van der Waals surface area contributed by atoms with E-state index in [9.17, 15) is 9.59 Å². The number of benzene rings is 2. The largest absolute Gasteiger partial charge is 0.366 e. The molecular formula is C24H23N3O2S. The zero-order chi connectivity index (χ0) is 21.6.